The Kier molecular flexibility index (Phi) is 57.4. The van der Waals surface area contributed by atoms with Crippen LogP contribution in [0.4, 0.5) is 24.0 Å². The normalized spacial score (nSPS) is 10.8. The molecule has 0 heterocycles. The maximum absolute atomic E-state index is 12.3. The van der Waals surface area contributed by atoms with Gasteiger partial charge in [-0.1, -0.05) is 165 Å². The third kappa shape index (κ3) is 50.5. The lowest BCUT2D eigenvalue weighted by Gasteiger charge is -2.13. The fraction of sp³-hybridized carbons (Fsp3) is 0.458. The molecule has 0 unspecified atom stereocenters. The van der Waals surface area contributed by atoms with E-state index in [1.807, 2.05) is 27.7 Å². The number of nitrogens with one attached hydrogen (secondary N) is 10. The number of nitrogens with two attached hydrogens (primary N) is 5. The van der Waals surface area contributed by atoms with Crippen LogP contribution < -0.4 is 81.8 Å². The summed E-state index contributed by atoms with van der Waals surface area (Å²) in [7, 11) is 0. The summed E-state index contributed by atoms with van der Waals surface area (Å²) < 4.78 is 0. The fourth-order valence-electron chi connectivity index (χ4n) is 9.66. The van der Waals surface area contributed by atoms with E-state index in [9.17, 15) is 71.9 Å². The molecule has 118 heavy (non-hydrogen) atoms. The summed E-state index contributed by atoms with van der Waals surface area (Å²) in [6, 6.07) is 32.6. The molecule has 5 aromatic carbocycles. The van der Waals surface area contributed by atoms with Crippen molar-refractivity contribution >= 4 is 144 Å². The SMILES string of the molecule is CC(C)NC(=O)Sc1ccccc1C(=O)NCCC(N)=O.CC(C)NC(=O)Sc1ccccc1C(=O)N[C@@H](C)C(N)=O.CCCCCCCCNC(=O)Sc1ccccc1C(=O)NCCC(N)=O.CCCCCCCCNC(=O)Sc1ccccc1C(=O)N[C@H](C)C(N)=O.CCCCCCNC(=O)Sc1ccccc1C(=O)NCCC(N)=O. The van der Waals surface area contributed by atoms with Crippen LogP contribution in [0.25, 0.3) is 0 Å². The monoisotopic (exact) mass is 1730 g/mol. The van der Waals surface area contributed by atoms with Gasteiger partial charge in [0.25, 0.3) is 55.7 Å². The third-order valence-electron chi connectivity index (χ3n) is 15.9. The van der Waals surface area contributed by atoms with Gasteiger partial charge in [0.2, 0.25) is 29.5 Å². The van der Waals surface area contributed by atoms with Gasteiger partial charge >= 0.3 is 0 Å². The number of unbranched alkanes of at least 4 members (excludes halogenated alkanes) is 13. The van der Waals surface area contributed by atoms with Gasteiger partial charge < -0.3 is 81.8 Å². The standard InChI is InChI=1S/2C19H29N3O3S.C17H25N3O3S.2C14H19N3O3S/c1-3-4-5-6-7-10-13-21-19(25)26-16-12-9-8-11-15(16)18(24)22-14(2)17(20)23;1-2-3-4-5-6-9-13-22-19(25)26-16-11-8-7-10-15(16)18(24)21-14-12-17(20)23;1-2-3-4-7-11-20-17(23)24-14-9-6-5-8-13(14)16(22)19-12-10-15(18)21;1-8(2)16-14(20)21-11-7-5-4-6-10(11)13(19)17-9(3)12(15)18;1-9(2)17-14(20)21-11-6-4-3-5-10(11)13(19)16-8-7-12(15)18/h8-9,11-12,14H,3-7,10,13H2,1-2H3,(H2,20,23)(H,21,25)(H,22,24);7-8,10-11H,2-6,9,12-14H2,1H3,(H2,20,23)(H,21,24)(H,22,25);5-6,8-9H,2-4,7,10-12H2,1H3,(H2,18,21)(H,19,22)(H,20,23);4-9H,1-3H3,(H2,15,18)(H,16,20)(H,17,19);3-6,9H,7-8H2,1-2H3,(H2,15,18)(H,16,19)(H,17,20)/t14-;;;9-;/m1..0./s1. The third-order valence-corrected chi connectivity index (χ3v) is 20.4. The van der Waals surface area contributed by atoms with E-state index < -0.39 is 53.4 Å². The van der Waals surface area contributed by atoms with Crippen molar-refractivity contribution in [2.45, 2.75) is 233 Å². The minimum atomic E-state index is -0.778. The Hall–Kier alpha value is -10.1. The molecular formula is C83H121N15O15S5. The van der Waals surface area contributed by atoms with E-state index >= 15 is 0 Å². The highest BCUT2D eigenvalue weighted by Gasteiger charge is 2.23. The molecule has 30 nitrogen and oxygen atoms in total. The number of rotatable bonds is 44. The van der Waals surface area contributed by atoms with E-state index in [1.165, 1.54) is 65.2 Å². The van der Waals surface area contributed by atoms with Crippen LogP contribution >= 0.6 is 58.8 Å². The first-order chi connectivity index (χ1) is 56.2. The Bertz CT molecular complexity index is 4010. The zero-order valence-electron chi connectivity index (χ0n) is 69.1. The summed E-state index contributed by atoms with van der Waals surface area (Å²) >= 11 is 4.89. The summed E-state index contributed by atoms with van der Waals surface area (Å²) in [6.45, 7) is 19.4. The fourth-order valence-corrected chi connectivity index (χ4v) is 13.9. The molecule has 0 saturated carbocycles. The molecule has 0 aliphatic carbocycles. The molecule has 15 amide bonds. The molecule has 0 fully saturated rings. The van der Waals surface area contributed by atoms with Crippen molar-refractivity contribution in [2.24, 2.45) is 28.7 Å². The Morgan fingerprint density at radius 1 is 0.263 bits per heavy atom. The molecule has 2 atom stereocenters. The average Bonchev–Trinajstić information content (AvgIpc) is 0.847. The molecule has 0 spiro atoms. The number of thioether (sulfide) groups is 5. The van der Waals surface area contributed by atoms with Crippen LogP contribution in [0.2, 0.25) is 0 Å². The molecule has 5 aromatic rings. The molecule has 35 heteroatoms. The van der Waals surface area contributed by atoms with E-state index in [4.69, 9.17) is 28.7 Å². The summed E-state index contributed by atoms with van der Waals surface area (Å²) in [6.07, 6.45) is 18.6. The van der Waals surface area contributed by atoms with Crippen molar-refractivity contribution in [1.82, 2.24) is 53.2 Å². The van der Waals surface area contributed by atoms with Gasteiger partial charge in [-0.05, 0) is 180 Å². The lowest BCUT2D eigenvalue weighted by molar-refractivity contribution is -0.120. The average molecular weight is 1730 g/mol. The topological polar surface area (TPSA) is 506 Å². The van der Waals surface area contributed by atoms with Crippen LogP contribution in [0.15, 0.2) is 146 Å². The zero-order valence-corrected chi connectivity index (χ0v) is 73.2. The molecule has 0 aromatic heterocycles. The number of amides is 15. The second kappa shape index (κ2) is 64.0. The van der Waals surface area contributed by atoms with Gasteiger partial charge in [0.05, 0.1) is 27.8 Å². The highest BCUT2D eigenvalue weighted by molar-refractivity contribution is 8.14. The predicted octanol–water partition coefficient (Wildman–Crippen LogP) is 12.6. The maximum atomic E-state index is 12.3. The van der Waals surface area contributed by atoms with Crippen molar-refractivity contribution in [1.29, 1.82) is 0 Å². The van der Waals surface area contributed by atoms with Gasteiger partial charge in [-0.2, -0.15) is 0 Å². The van der Waals surface area contributed by atoms with E-state index in [-0.39, 0.29) is 94.9 Å². The summed E-state index contributed by atoms with van der Waals surface area (Å²) in [5.74, 6) is -4.50. The van der Waals surface area contributed by atoms with Crippen LogP contribution in [0.3, 0.4) is 0 Å². The molecule has 0 radical (unpaired) electrons. The summed E-state index contributed by atoms with van der Waals surface area (Å²) in [4.78, 5) is 177. The van der Waals surface area contributed by atoms with Crippen molar-refractivity contribution in [3.05, 3.63) is 149 Å². The molecule has 0 aliphatic heterocycles. The Balaban J connectivity index is 0.000000740. The number of hydrogen-bond donors (Lipinski definition) is 15. The quantitative estimate of drug-likeness (QED) is 0.0127. The van der Waals surface area contributed by atoms with Gasteiger partial charge in [-0.3, -0.25) is 71.9 Å². The van der Waals surface area contributed by atoms with E-state index in [1.54, 1.807) is 121 Å². The van der Waals surface area contributed by atoms with Gasteiger partial charge in [-0.15, -0.1) is 0 Å². The summed E-state index contributed by atoms with van der Waals surface area (Å²) in [5, 5.41) is 25.9. The minimum absolute atomic E-state index is 0.0147. The van der Waals surface area contributed by atoms with Crippen molar-refractivity contribution < 1.29 is 71.9 Å². The molecule has 5 rings (SSSR count). The van der Waals surface area contributed by atoms with Gasteiger partial charge in [0, 0.05) is 95.1 Å². The van der Waals surface area contributed by atoms with Crippen LogP contribution in [-0.2, 0) is 24.0 Å². The van der Waals surface area contributed by atoms with Crippen LogP contribution in [0.1, 0.15) is 236 Å². The van der Waals surface area contributed by atoms with E-state index in [2.05, 4.69) is 73.9 Å². The van der Waals surface area contributed by atoms with Gasteiger partial charge in [0.15, 0.2) is 0 Å². The molecular weight excluding hydrogens is 1610 g/mol. The number of carbonyl (C=O) groups is 15. The second-order valence-corrected chi connectivity index (χ2v) is 32.1. The maximum Gasteiger partial charge on any atom is 0.284 e. The number of benzene rings is 5. The van der Waals surface area contributed by atoms with Gasteiger partial charge in [-0.25, -0.2) is 0 Å². The van der Waals surface area contributed by atoms with Crippen LogP contribution in [0, 0.1) is 0 Å². The lowest BCUT2D eigenvalue weighted by atomic mass is 10.1. The first-order valence-corrected chi connectivity index (χ1v) is 43.5. The van der Waals surface area contributed by atoms with Crippen LogP contribution in [-0.4, -0.2) is 149 Å². The molecule has 0 aliphatic rings. The number of hydrogen-bond acceptors (Lipinski definition) is 20. The molecule has 648 valence electrons. The zero-order chi connectivity index (χ0) is 88.2. The Morgan fingerprint density at radius 3 is 0.703 bits per heavy atom. The highest BCUT2D eigenvalue weighted by Crippen LogP contribution is 2.28. The first-order valence-electron chi connectivity index (χ1n) is 39.4. The minimum Gasteiger partial charge on any atom is -0.370 e. The lowest BCUT2D eigenvalue weighted by Crippen LogP contribution is -2.42. The predicted molar refractivity (Wildman–Crippen MR) is 471 cm³/mol. The van der Waals surface area contributed by atoms with Gasteiger partial charge in [0.1, 0.15) is 12.1 Å². The molecule has 20 N–H and O–H groups in total. The molecule has 0 saturated heterocycles. The van der Waals surface area contributed by atoms with Crippen molar-refractivity contribution in [2.75, 3.05) is 39.3 Å². The van der Waals surface area contributed by atoms with E-state index in [0.29, 0.717) is 71.9 Å². The van der Waals surface area contributed by atoms with Crippen LogP contribution in [0.5, 0.6) is 0 Å². The summed E-state index contributed by atoms with van der Waals surface area (Å²) in [5.41, 5.74) is 27.3. The number of carbonyl (C=O) groups excluding carboxylic acids is 15. The highest BCUT2D eigenvalue weighted by atomic mass is 32.2. The smallest absolute Gasteiger partial charge is 0.284 e. The Labute approximate surface area is 714 Å². The van der Waals surface area contributed by atoms with Crippen molar-refractivity contribution in [3.8, 4) is 0 Å². The van der Waals surface area contributed by atoms with Crippen molar-refractivity contribution in [3.63, 3.8) is 0 Å². The van der Waals surface area contributed by atoms with E-state index in [0.717, 1.165) is 110 Å². The second-order valence-electron chi connectivity index (χ2n) is 27.0. The first kappa shape index (κ1) is 106. The molecule has 0 bridgehead atoms. The largest absolute Gasteiger partial charge is 0.370 e. The Morgan fingerprint density at radius 2 is 0.475 bits per heavy atom. The number of primary amides is 5.